The van der Waals surface area contributed by atoms with Gasteiger partial charge in [0, 0.05) is 29.3 Å². The van der Waals surface area contributed by atoms with Crippen molar-refractivity contribution in [3.63, 3.8) is 0 Å². The van der Waals surface area contributed by atoms with Crippen LogP contribution in [0, 0.1) is 5.92 Å². The molecule has 0 atom stereocenters. The van der Waals surface area contributed by atoms with E-state index in [1.165, 1.54) is 21.9 Å². The van der Waals surface area contributed by atoms with Gasteiger partial charge >= 0.3 is 0 Å². The molecule has 4 aromatic rings. The largest absolute Gasteiger partial charge is 0.326 e. The fourth-order valence-electron chi connectivity index (χ4n) is 2.64. The molecule has 0 saturated heterocycles. The zero-order valence-electron chi connectivity index (χ0n) is 17.0. The predicted molar refractivity (Wildman–Crippen MR) is 124 cm³/mol. The van der Waals surface area contributed by atoms with Gasteiger partial charge in [0.15, 0.2) is 4.34 Å². The summed E-state index contributed by atoms with van der Waals surface area (Å²) in [5, 5.41) is 8.17. The minimum Gasteiger partial charge on any atom is -0.326 e. The number of hydrogen-bond acceptors (Lipinski definition) is 8. The van der Waals surface area contributed by atoms with Crippen LogP contribution in [-0.2, 0) is 10.5 Å². The van der Waals surface area contributed by atoms with E-state index >= 15 is 0 Å². The number of carbonyl (C=O) groups excluding carboxylic acids is 1. The van der Waals surface area contributed by atoms with Gasteiger partial charge in [-0.05, 0) is 18.2 Å². The van der Waals surface area contributed by atoms with Gasteiger partial charge in [-0.15, -0.1) is 11.3 Å². The van der Waals surface area contributed by atoms with E-state index < -0.39 is 0 Å². The minimum absolute atomic E-state index is 0.00934. The lowest BCUT2D eigenvalue weighted by Gasteiger charge is -2.06. The Morgan fingerprint density at radius 3 is 2.70 bits per heavy atom. The molecule has 1 aromatic carbocycles. The minimum atomic E-state index is -0.159. The lowest BCUT2D eigenvalue weighted by Crippen LogP contribution is -2.17. The van der Waals surface area contributed by atoms with Crippen LogP contribution >= 0.6 is 34.4 Å². The third-order valence-electron chi connectivity index (χ3n) is 4.31. The molecule has 0 unspecified atom stereocenters. The lowest BCUT2D eigenvalue weighted by molar-refractivity contribution is -0.118. The highest BCUT2D eigenvalue weighted by molar-refractivity contribution is 8.00. The summed E-state index contributed by atoms with van der Waals surface area (Å²) in [6, 6.07) is 7.26. The van der Waals surface area contributed by atoms with E-state index in [0.717, 1.165) is 25.3 Å². The van der Waals surface area contributed by atoms with Gasteiger partial charge in [0.05, 0.1) is 15.9 Å². The fraction of sp³-hybridized carbons (Fsp3) is 0.350. The third kappa shape index (κ3) is 4.40. The zero-order chi connectivity index (χ0) is 21.4. The Balaban J connectivity index is 1.52. The maximum absolute atomic E-state index is 12.4. The van der Waals surface area contributed by atoms with Gasteiger partial charge < -0.3 is 5.32 Å². The number of hydrogen-bond donors (Lipinski definition) is 1. The smallest absolute Gasteiger partial charge is 0.275 e. The second-order valence-electron chi connectivity index (χ2n) is 7.47. The van der Waals surface area contributed by atoms with E-state index in [1.54, 1.807) is 23.1 Å². The number of nitrogens with zero attached hydrogens (tertiary/aromatic N) is 4. The number of amides is 1. The first kappa shape index (κ1) is 21.0. The highest BCUT2D eigenvalue weighted by atomic mass is 32.2. The van der Waals surface area contributed by atoms with E-state index in [9.17, 15) is 9.59 Å². The Labute approximate surface area is 185 Å². The molecule has 7 nitrogen and oxygen atoms in total. The van der Waals surface area contributed by atoms with Crippen molar-refractivity contribution in [3.8, 4) is 0 Å². The van der Waals surface area contributed by atoms with Gasteiger partial charge in [0.1, 0.15) is 5.01 Å². The highest BCUT2D eigenvalue weighted by Crippen LogP contribution is 2.33. The van der Waals surface area contributed by atoms with Gasteiger partial charge in [-0.3, -0.25) is 9.59 Å². The Kier molecular flexibility index (Phi) is 5.90. The summed E-state index contributed by atoms with van der Waals surface area (Å²) in [5.74, 6) is 0.728. The third-order valence-corrected chi connectivity index (χ3v) is 7.72. The Morgan fingerprint density at radius 1 is 1.17 bits per heavy atom. The van der Waals surface area contributed by atoms with Crippen molar-refractivity contribution >= 4 is 61.2 Å². The first-order valence-corrected chi connectivity index (χ1v) is 12.2. The van der Waals surface area contributed by atoms with Crippen molar-refractivity contribution in [3.05, 3.63) is 45.3 Å². The summed E-state index contributed by atoms with van der Waals surface area (Å²) in [7, 11) is 0. The van der Waals surface area contributed by atoms with Crippen LogP contribution in [0.2, 0.25) is 0 Å². The normalized spacial score (nSPS) is 11.8. The fourth-order valence-corrected chi connectivity index (χ4v) is 5.57. The monoisotopic (exact) mass is 459 g/mol. The van der Waals surface area contributed by atoms with Crippen molar-refractivity contribution in [1.82, 2.24) is 19.6 Å². The number of thioether (sulfide) groups is 1. The SMILES string of the molecule is CC(C)C(=O)Nc1ccc2nc(SCc3cc(=O)n4nc(C(C)C)sc4n3)sc2c1. The number of thiazole rings is 1. The van der Waals surface area contributed by atoms with Crippen LogP contribution in [-0.4, -0.2) is 25.5 Å². The second kappa shape index (κ2) is 8.44. The first-order chi connectivity index (χ1) is 14.3. The summed E-state index contributed by atoms with van der Waals surface area (Å²) in [6.45, 7) is 7.82. The van der Waals surface area contributed by atoms with Crippen LogP contribution in [0.5, 0.6) is 0 Å². The molecule has 0 spiro atoms. The van der Waals surface area contributed by atoms with Crippen molar-refractivity contribution in [2.45, 2.75) is 43.7 Å². The highest BCUT2D eigenvalue weighted by Gasteiger charge is 2.13. The number of nitrogens with one attached hydrogen (secondary N) is 1. The summed E-state index contributed by atoms with van der Waals surface area (Å²) in [6.07, 6.45) is 0. The van der Waals surface area contributed by atoms with Gasteiger partial charge in [0.2, 0.25) is 10.9 Å². The molecule has 3 heterocycles. The number of carbonyl (C=O) groups is 1. The maximum atomic E-state index is 12.4. The summed E-state index contributed by atoms with van der Waals surface area (Å²) < 4.78 is 3.27. The predicted octanol–water partition coefficient (Wildman–Crippen LogP) is 4.77. The first-order valence-electron chi connectivity index (χ1n) is 9.54. The Bertz CT molecular complexity index is 1290. The van der Waals surface area contributed by atoms with E-state index in [4.69, 9.17) is 0 Å². The average molecular weight is 460 g/mol. The van der Waals surface area contributed by atoms with Gasteiger partial charge in [0.25, 0.3) is 5.56 Å². The van der Waals surface area contributed by atoms with Crippen LogP contribution < -0.4 is 10.9 Å². The molecule has 0 aliphatic rings. The zero-order valence-corrected chi connectivity index (χ0v) is 19.5. The molecule has 0 radical (unpaired) electrons. The second-order valence-corrected chi connectivity index (χ2v) is 10.7. The van der Waals surface area contributed by atoms with E-state index in [-0.39, 0.29) is 23.3 Å². The molecule has 30 heavy (non-hydrogen) atoms. The number of fused-ring (bicyclic) bond motifs is 2. The Morgan fingerprint density at radius 2 is 1.97 bits per heavy atom. The molecule has 10 heteroatoms. The van der Waals surface area contributed by atoms with E-state index in [0.29, 0.717) is 16.4 Å². The summed E-state index contributed by atoms with van der Waals surface area (Å²) >= 11 is 4.56. The van der Waals surface area contributed by atoms with E-state index in [1.807, 2.05) is 45.9 Å². The van der Waals surface area contributed by atoms with Crippen molar-refractivity contribution in [2.24, 2.45) is 5.92 Å². The van der Waals surface area contributed by atoms with Gasteiger partial charge in [-0.25, -0.2) is 9.97 Å². The van der Waals surface area contributed by atoms with Crippen molar-refractivity contribution < 1.29 is 4.79 Å². The van der Waals surface area contributed by atoms with Crippen molar-refractivity contribution in [2.75, 3.05) is 5.32 Å². The molecule has 0 saturated carbocycles. The molecule has 0 bridgehead atoms. The number of benzene rings is 1. The van der Waals surface area contributed by atoms with Crippen LogP contribution in [0.3, 0.4) is 0 Å². The number of anilines is 1. The Hall–Kier alpha value is -2.30. The molecule has 4 rings (SSSR count). The molecular formula is C20H21N5O2S3. The van der Waals surface area contributed by atoms with Gasteiger partial charge in [-0.2, -0.15) is 9.61 Å². The topological polar surface area (TPSA) is 89.2 Å². The van der Waals surface area contributed by atoms with Crippen molar-refractivity contribution in [1.29, 1.82) is 0 Å². The summed E-state index contributed by atoms with van der Waals surface area (Å²) in [4.78, 5) is 34.1. The number of aromatic nitrogens is 4. The average Bonchev–Trinajstić information content (AvgIpc) is 3.30. The van der Waals surface area contributed by atoms with Crippen LogP contribution in [0.1, 0.15) is 44.3 Å². The molecule has 1 amide bonds. The number of rotatable bonds is 6. The lowest BCUT2D eigenvalue weighted by atomic mass is 10.2. The molecular weight excluding hydrogens is 438 g/mol. The maximum Gasteiger partial charge on any atom is 0.275 e. The van der Waals surface area contributed by atoms with E-state index in [2.05, 4.69) is 20.4 Å². The molecule has 156 valence electrons. The van der Waals surface area contributed by atoms with Crippen LogP contribution in [0.25, 0.3) is 15.2 Å². The summed E-state index contributed by atoms with van der Waals surface area (Å²) in [5.41, 5.74) is 2.21. The molecule has 1 N–H and O–H groups in total. The molecule has 0 fully saturated rings. The quantitative estimate of drug-likeness (QED) is 0.418. The van der Waals surface area contributed by atoms with Gasteiger partial charge in [-0.1, -0.05) is 50.8 Å². The standard InChI is InChI=1S/C20H21N5O2S3/c1-10(2)17(27)21-12-5-6-14-15(7-12)29-20(23-14)28-9-13-8-16(26)25-19(22-13)30-18(24-25)11(3)4/h5-8,10-11H,9H2,1-4H3,(H,21,27). The molecule has 3 aromatic heterocycles. The van der Waals surface area contributed by atoms with Crippen LogP contribution in [0.4, 0.5) is 5.69 Å². The molecule has 0 aliphatic heterocycles. The molecule has 0 aliphatic carbocycles. The van der Waals surface area contributed by atoms with Crippen LogP contribution in [0.15, 0.2) is 33.4 Å².